The number of halogens is 2. The number of benzene rings is 2. The van der Waals surface area contributed by atoms with Crippen LogP contribution in [-0.4, -0.2) is 49.4 Å². The van der Waals surface area contributed by atoms with Crippen molar-refractivity contribution in [1.29, 1.82) is 0 Å². The first-order valence-electron chi connectivity index (χ1n) is 11.8. The molecule has 186 valence electrons. The van der Waals surface area contributed by atoms with Gasteiger partial charge < -0.3 is 19.7 Å². The van der Waals surface area contributed by atoms with Crippen LogP contribution in [0, 0.1) is 18.2 Å². The SMILES string of the molecule is [C-]#[N+]c1cc2[nH]c(-c3cnn4ccc(N5CCC[C@@H]5c5cc(F)ccc5F)nc34)nc2cc1OCCO. The van der Waals surface area contributed by atoms with Crippen molar-refractivity contribution in [2.24, 2.45) is 0 Å². The average molecular weight is 501 g/mol. The Hall–Kier alpha value is -4.56. The Balaban J connectivity index is 1.39. The topological polar surface area (TPSA) is 95.9 Å². The van der Waals surface area contributed by atoms with Gasteiger partial charge in [0.25, 0.3) is 0 Å². The minimum absolute atomic E-state index is 0.0725. The molecule has 1 atom stereocenters. The first kappa shape index (κ1) is 22.9. The number of nitrogens with one attached hydrogen (secondary N) is 1. The number of imidazole rings is 1. The molecular formula is C26H21F2N7O2. The molecule has 0 saturated carbocycles. The number of aromatic nitrogens is 5. The molecule has 4 heterocycles. The molecule has 37 heavy (non-hydrogen) atoms. The zero-order valence-electron chi connectivity index (χ0n) is 19.5. The van der Waals surface area contributed by atoms with E-state index in [1.807, 2.05) is 11.0 Å². The molecule has 0 amide bonds. The molecule has 2 N–H and O–H groups in total. The van der Waals surface area contributed by atoms with Crippen molar-refractivity contribution in [2.75, 3.05) is 24.7 Å². The average Bonchev–Trinajstić information content (AvgIpc) is 3.65. The van der Waals surface area contributed by atoms with Crippen molar-refractivity contribution < 1.29 is 18.6 Å². The number of anilines is 1. The van der Waals surface area contributed by atoms with E-state index in [2.05, 4.69) is 19.9 Å². The van der Waals surface area contributed by atoms with Crippen LogP contribution in [0.4, 0.5) is 20.3 Å². The predicted molar refractivity (Wildman–Crippen MR) is 133 cm³/mol. The van der Waals surface area contributed by atoms with E-state index in [-0.39, 0.29) is 19.3 Å². The third-order valence-corrected chi connectivity index (χ3v) is 6.51. The molecule has 5 aromatic rings. The fraction of sp³-hybridized carbons (Fsp3) is 0.231. The van der Waals surface area contributed by atoms with Gasteiger partial charge in [0.15, 0.2) is 5.65 Å². The maximum absolute atomic E-state index is 14.6. The van der Waals surface area contributed by atoms with E-state index in [9.17, 15) is 8.78 Å². The summed E-state index contributed by atoms with van der Waals surface area (Å²) in [5.74, 6) is 0.582. The lowest BCUT2D eigenvalue weighted by molar-refractivity contribution is 0.202. The predicted octanol–water partition coefficient (Wildman–Crippen LogP) is 4.81. The third-order valence-electron chi connectivity index (χ3n) is 6.51. The van der Waals surface area contributed by atoms with E-state index in [4.69, 9.17) is 21.4 Å². The lowest BCUT2D eigenvalue weighted by Gasteiger charge is -2.26. The fourth-order valence-corrected chi connectivity index (χ4v) is 4.83. The maximum atomic E-state index is 14.6. The highest BCUT2D eigenvalue weighted by Gasteiger charge is 2.30. The molecule has 0 radical (unpaired) electrons. The summed E-state index contributed by atoms with van der Waals surface area (Å²) in [4.78, 5) is 18.2. The number of hydrogen-bond donors (Lipinski definition) is 2. The van der Waals surface area contributed by atoms with E-state index >= 15 is 0 Å². The Morgan fingerprint density at radius 3 is 2.92 bits per heavy atom. The first-order valence-corrected chi connectivity index (χ1v) is 11.8. The highest BCUT2D eigenvalue weighted by Crippen LogP contribution is 2.38. The van der Waals surface area contributed by atoms with Crippen LogP contribution in [0.15, 0.2) is 48.8 Å². The van der Waals surface area contributed by atoms with Crippen LogP contribution < -0.4 is 9.64 Å². The zero-order valence-corrected chi connectivity index (χ0v) is 19.5. The van der Waals surface area contributed by atoms with Gasteiger partial charge in [0.05, 0.1) is 42.0 Å². The summed E-state index contributed by atoms with van der Waals surface area (Å²) in [6.07, 6.45) is 4.94. The second-order valence-electron chi connectivity index (χ2n) is 8.74. The molecule has 1 saturated heterocycles. The van der Waals surface area contributed by atoms with Crippen LogP contribution in [0.3, 0.4) is 0 Å². The van der Waals surface area contributed by atoms with E-state index < -0.39 is 11.6 Å². The molecule has 0 bridgehead atoms. The van der Waals surface area contributed by atoms with Crippen LogP contribution >= 0.6 is 0 Å². The van der Waals surface area contributed by atoms with Crippen molar-refractivity contribution in [1.82, 2.24) is 24.6 Å². The number of aliphatic hydroxyl groups excluding tert-OH is 1. The number of rotatable bonds is 6. The molecule has 1 aliphatic heterocycles. The molecule has 2 aromatic carbocycles. The minimum atomic E-state index is -0.471. The number of nitrogens with zero attached hydrogens (tertiary/aromatic N) is 6. The molecule has 6 rings (SSSR count). The van der Waals surface area contributed by atoms with Gasteiger partial charge >= 0.3 is 0 Å². The minimum Gasteiger partial charge on any atom is -0.502 e. The summed E-state index contributed by atoms with van der Waals surface area (Å²) < 4.78 is 35.6. The summed E-state index contributed by atoms with van der Waals surface area (Å²) in [5, 5.41) is 13.5. The highest BCUT2D eigenvalue weighted by molar-refractivity contribution is 5.87. The fourth-order valence-electron chi connectivity index (χ4n) is 4.83. The number of aromatic amines is 1. The Morgan fingerprint density at radius 2 is 2.08 bits per heavy atom. The summed E-state index contributed by atoms with van der Waals surface area (Å²) in [6, 6.07) is 8.33. The van der Waals surface area contributed by atoms with Gasteiger partial charge in [0.1, 0.15) is 35.6 Å². The second-order valence-corrected chi connectivity index (χ2v) is 8.74. The Bertz CT molecular complexity index is 1670. The van der Waals surface area contributed by atoms with Crippen LogP contribution in [0.2, 0.25) is 0 Å². The third kappa shape index (κ3) is 4.01. The van der Waals surface area contributed by atoms with Crippen LogP contribution in [0.5, 0.6) is 5.75 Å². The Kier molecular flexibility index (Phi) is 5.65. The molecule has 0 unspecified atom stereocenters. The molecule has 1 fully saturated rings. The van der Waals surface area contributed by atoms with Crippen LogP contribution in [0.1, 0.15) is 24.4 Å². The van der Waals surface area contributed by atoms with Crippen LogP contribution in [0.25, 0.3) is 32.9 Å². The van der Waals surface area contributed by atoms with E-state index in [0.717, 1.165) is 18.6 Å². The van der Waals surface area contributed by atoms with Crippen molar-refractivity contribution in [2.45, 2.75) is 18.9 Å². The van der Waals surface area contributed by atoms with Gasteiger partial charge in [-0.3, -0.25) is 0 Å². The monoisotopic (exact) mass is 501 g/mol. The molecule has 0 aliphatic carbocycles. The molecule has 1 aliphatic rings. The van der Waals surface area contributed by atoms with Crippen LogP contribution in [-0.2, 0) is 0 Å². The number of ether oxygens (including phenoxy) is 1. The number of hydrogen-bond acceptors (Lipinski definition) is 6. The second kappa shape index (κ2) is 9.15. The molecule has 3 aromatic heterocycles. The lowest BCUT2D eigenvalue weighted by atomic mass is 10.0. The molecule has 0 spiro atoms. The number of fused-ring (bicyclic) bond motifs is 2. The quantitative estimate of drug-likeness (QED) is 0.324. The smallest absolute Gasteiger partial charge is 0.230 e. The summed E-state index contributed by atoms with van der Waals surface area (Å²) in [7, 11) is 0. The van der Waals surface area contributed by atoms with Gasteiger partial charge in [-0.2, -0.15) is 5.10 Å². The zero-order chi connectivity index (χ0) is 25.5. The maximum Gasteiger partial charge on any atom is 0.230 e. The summed E-state index contributed by atoms with van der Waals surface area (Å²) in [6.45, 7) is 8.00. The van der Waals surface area contributed by atoms with Gasteiger partial charge in [-0.15, -0.1) is 0 Å². The van der Waals surface area contributed by atoms with Crippen molar-refractivity contribution >= 4 is 28.2 Å². The summed E-state index contributed by atoms with van der Waals surface area (Å²) in [5.41, 5.74) is 3.05. The lowest BCUT2D eigenvalue weighted by Crippen LogP contribution is -2.24. The highest BCUT2D eigenvalue weighted by atomic mass is 19.1. The molecular weight excluding hydrogens is 480 g/mol. The molecule has 11 heteroatoms. The van der Waals surface area contributed by atoms with Gasteiger partial charge in [0.2, 0.25) is 5.69 Å². The van der Waals surface area contributed by atoms with Crippen molar-refractivity contribution in [3.63, 3.8) is 0 Å². The van der Waals surface area contributed by atoms with E-state index in [1.165, 1.54) is 6.07 Å². The van der Waals surface area contributed by atoms with Crippen molar-refractivity contribution in [3.8, 4) is 17.1 Å². The van der Waals surface area contributed by atoms with Gasteiger partial charge in [-0.05, 0) is 49.2 Å². The van der Waals surface area contributed by atoms with Gasteiger partial charge in [-0.1, -0.05) is 0 Å². The summed E-state index contributed by atoms with van der Waals surface area (Å²) >= 11 is 0. The van der Waals surface area contributed by atoms with Gasteiger partial charge in [0, 0.05) is 18.3 Å². The van der Waals surface area contributed by atoms with Gasteiger partial charge in [-0.25, -0.2) is 28.1 Å². The van der Waals surface area contributed by atoms with E-state index in [0.29, 0.717) is 63.9 Å². The first-order chi connectivity index (χ1) is 18.1. The Morgan fingerprint density at radius 1 is 1.19 bits per heavy atom. The van der Waals surface area contributed by atoms with Crippen molar-refractivity contribution in [3.05, 3.63) is 77.4 Å². The largest absolute Gasteiger partial charge is 0.502 e. The number of H-pyrrole nitrogens is 1. The number of aliphatic hydroxyl groups is 1. The standard InChI is InChI=1S/C26H21F2N7O2/c1-29-21-12-19-20(13-23(21)37-10-9-36)32-25(31-19)17-14-30-35-8-6-24(33-26(17)35)34-7-2-3-22(34)16-11-15(27)4-5-18(16)28/h4-6,8,11-14,22,36H,2-3,7,9-10H2,(H,31,32)/t22-/m1/s1. The molecule has 9 nitrogen and oxygen atoms in total. The Labute approximate surface area is 209 Å². The van der Waals surface area contributed by atoms with E-state index in [1.54, 1.807) is 29.0 Å². The normalized spacial score (nSPS) is 15.5.